The summed E-state index contributed by atoms with van der Waals surface area (Å²) in [7, 11) is 0. The SMILES string of the molecule is CC.NCC1CN(c2ccc(N3CCOCC3=O)cc2)C(=S)O1. The van der Waals surface area contributed by atoms with Crippen LogP contribution in [-0.2, 0) is 14.3 Å². The average Bonchev–Trinajstić information content (AvgIpc) is 2.98. The summed E-state index contributed by atoms with van der Waals surface area (Å²) in [5.41, 5.74) is 7.42. The quantitative estimate of drug-likeness (QED) is 0.844. The molecule has 2 fully saturated rings. The highest BCUT2D eigenvalue weighted by atomic mass is 32.1. The molecule has 0 spiro atoms. The Bertz CT molecular complexity index is 550. The third-order valence-electron chi connectivity index (χ3n) is 3.60. The zero-order chi connectivity index (χ0) is 16.8. The van der Waals surface area contributed by atoms with E-state index in [1.54, 1.807) is 4.90 Å². The number of rotatable bonds is 3. The lowest BCUT2D eigenvalue weighted by Crippen LogP contribution is -2.41. The molecule has 1 aromatic carbocycles. The second kappa shape index (κ2) is 8.24. The maximum Gasteiger partial charge on any atom is 0.264 e. The van der Waals surface area contributed by atoms with E-state index in [-0.39, 0.29) is 18.6 Å². The van der Waals surface area contributed by atoms with E-state index in [4.69, 9.17) is 27.4 Å². The Balaban J connectivity index is 0.000000924. The molecule has 2 aliphatic rings. The van der Waals surface area contributed by atoms with E-state index in [2.05, 4.69) is 0 Å². The van der Waals surface area contributed by atoms with Crippen LogP contribution in [0.2, 0.25) is 0 Å². The number of carbonyl (C=O) groups excluding carboxylic acids is 1. The molecule has 2 aliphatic heterocycles. The molecule has 2 N–H and O–H groups in total. The van der Waals surface area contributed by atoms with Crippen LogP contribution in [0.3, 0.4) is 0 Å². The van der Waals surface area contributed by atoms with E-state index in [9.17, 15) is 4.79 Å². The number of thiocarbonyl (C=S) groups is 1. The minimum Gasteiger partial charge on any atom is -0.464 e. The van der Waals surface area contributed by atoms with Gasteiger partial charge in [0.25, 0.3) is 11.1 Å². The Hall–Kier alpha value is -1.70. The largest absolute Gasteiger partial charge is 0.464 e. The lowest BCUT2D eigenvalue weighted by Gasteiger charge is -2.27. The fraction of sp³-hybridized carbons (Fsp3) is 0.500. The summed E-state index contributed by atoms with van der Waals surface area (Å²) in [5, 5.41) is 0.445. The lowest BCUT2D eigenvalue weighted by molar-refractivity contribution is -0.125. The van der Waals surface area contributed by atoms with Gasteiger partial charge in [0.1, 0.15) is 12.7 Å². The van der Waals surface area contributed by atoms with Gasteiger partial charge in [-0.25, -0.2) is 0 Å². The first kappa shape index (κ1) is 17.7. The minimum atomic E-state index is -0.0574. The average molecular weight is 337 g/mol. The summed E-state index contributed by atoms with van der Waals surface area (Å²) in [6.07, 6.45) is -0.0574. The molecular formula is C16H23N3O3S. The van der Waals surface area contributed by atoms with Gasteiger partial charge in [0, 0.05) is 24.5 Å². The van der Waals surface area contributed by atoms with Crippen LogP contribution in [0.1, 0.15) is 13.8 Å². The Labute approximate surface area is 142 Å². The molecule has 1 aromatic rings. The number of amides is 1. The monoisotopic (exact) mass is 337 g/mol. The van der Waals surface area contributed by atoms with Crippen LogP contribution in [0.4, 0.5) is 11.4 Å². The number of ether oxygens (including phenoxy) is 2. The molecule has 6 nitrogen and oxygen atoms in total. The highest BCUT2D eigenvalue weighted by molar-refractivity contribution is 7.80. The van der Waals surface area contributed by atoms with Gasteiger partial charge >= 0.3 is 0 Å². The predicted molar refractivity (Wildman–Crippen MR) is 94.8 cm³/mol. The van der Waals surface area contributed by atoms with Crippen LogP contribution in [0.25, 0.3) is 0 Å². The normalized spacial score (nSPS) is 20.9. The maximum atomic E-state index is 11.8. The van der Waals surface area contributed by atoms with Crippen molar-refractivity contribution in [3.8, 4) is 0 Å². The predicted octanol–water partition coefficient (Wildman–Crippen LogP) is 1.52. The number of carbonyl (C=O) groups is 1. The van der Waals surface area contributed by atoms with Gasteiger partial charge in [-0.2, -0.15) is 0 Å². The Morgan fingerprint density at radius 2 is 1.83 bits per heavy atom. The summed E-state index contributed by atoms with van der Waals surface area (Å²) < 4.78 is 10.6. The molecule has 2 heterocycles. The van der Waals surface area contributed by atoms with E-state index in [0.29, 0.717) is 31.4 Å². The highest BCUT2D eigenvalue weighted by Crippen LogP contribution is 2.25. The Morgan fingerprint density at radius 3 is 2.35 bits per heavy atom. The van der Waals surface area contributed by atoms with Crippen molar-refractivity contribution in [1.82, 2.24) is 0 Å². The maximum absolute atomic E-state index is 11.8. The zero-order valence-electron chi connectivity index (χ0n) is 13.5. The molecule has 0 aliphatic carbocycles. The topological polar surface area (TPSA) is 68.0 Å². The summed E-state index contributed by atoms with van der Waals surface area (Å²) in [4.78, 5) is 15.5. The third-order valence-corrected chi connectivity index (χ3v) is 3.91. The van der Waals surface area contributed by atoms with Crippen molar-refractivity contribution < 1.29 is 14.3 Å². The molecular weight excluding hydrogens is 314 g/mol. The van der Waals surface area contributed by atoms with Crippen LogP contribution in [-0.4, -0.2) is 50.0 Å². The number of hydrogen-bond donors (Lipinski definition) is 1. The van der Waals surface area contributed by atoms with Crippen LogP contribution in [0.5, 0.6) is 0 Å². The van der Waals surface area contributed by atoms with Gasteiger partial charge in [-0.3, -0.25) is 9.69 Å². The number of morpholine rings is 1. The van der Waals surface area contributed by atoms with Gasteiger partial charge in [-0.1, -0.05) is 13.8 Å². The Kier molecular flexibility index (Phi) is 6.32. The van der Waals surface area contributed by atoms with Crippen molar-refractivity contribution in [1.29, 1.82) is 0 Å². The summed E-state index contributed by atoms with van der Waals surface area (Å²) in [6.45, 7) is 6.39. The molecule has 0 aromatic heterocycles. The van der Waals surface area contributed by atoms with Crippen LogP contribution < -0.4 is 15.5 Å². The van der Waals surface area contributed by atoms with Gasteiger partial charge in [0.15, 0.2) is 0 Å². The molecule has 23 heavy (non-hydrogen) atoms. The zero-order valence-corrected chi connectivity index (χ0v) is 14.3. The van der Waals surface area contributed by atoms with Gasteiger partial charge < -0.3 is 20.1 Å². The van der Waals surface area contributed by atoms with Crippen molar-refractivity contribution in [3.05, 3.63) is 24.3 Å². The van der Waals surface area contributed by atoms with Gasteiger partial charge in [-0.15, -0.1) is 0 Å². The molecule has 126 valence electrons. The summed E-state index contributed by atoms with van der Waals surface area (Å²) >= 11 is 5.21. The lowest BCUT2D eigenvalue weighted by atomic mass is 10.2. The van der Waals surface area contributed by atoms with E-state index in [0.717, 1.165) is 11.4 Å². The first-order chi connectivity index (χ1) is 11.2. The molecule has 7 heteroatoms. The molecule has 3 rings (SSSR count). The van der Waals surface area contributed by atoms with Crippen LogP contribution >= 0.6 is 12.2 Å². The second-order valence-corrected chi connectivity index (χ2v) is 5.32. The number of hydrogen-bond acceptors (Lipinski definition) is 5. The van der Waals surface area contributed by atoms with E-state index in [1.807, 2.05) is 43.0 Å². The molecule has 0 radical (unpaired) electrons. The molecule has 1 unspecified atom stereocenters. The minimum absolute atomic E-state index is 0.0165. The van der Waals surface area contributed by atoms with Gasteiger partial charge in [0.2, 0.25) is 0 Å². The number of nitrogens with two attached hydrogens (primary N) is 1. The summed E-state index contributed by atoms with van der Waals surface area (Å²) in [6, 6.07) is 7.70. The number of benzene rings is 1. The van der Waals surface area contributed by atoms with E-state index < -0.39 is 0 Å². The van der Waals surface area contributed by atoms with E-state index in [1.165, 1.54) is 0 Å². The van der Waals surface area contributed by atoms with Gasteiger partial charge in [0.05, 0.1) is 13.2 Å². The first-order valence-electron chi connectivity index (χ1n) is 7.85. The highest BCUT2D eigenvalue weighted by Gasteiger charge is 2.28. The summed E-state index contributed by atoms with van der Waals surface area (Å²) in [5.74, 6) is -0.0165. The number of anilines is 2. The van der Waals surface area contributed by atoms with Crippen LogP contribution in [0.15, 0.2) is 24.3 Å². The molecule has 1 atom stereocenters. The smallest absolute Gasteiger partial charge is 0.264 e. The Morgan fingerprint density at radius 1 is 1.22 bits per heavy atom. The van der Waals surface area contributed by atoms with Crippen LogP contribution in [0, 0.1) is 0 Å². The van der Waals surface area contributed by atoms with Crippen molar-refractivity contribution >= 4 is 34.7 Å². The third kappa shape index (κ3) is 3.99. The van der Waals surface area contributed by atoms with Crippen molar-refractivity contribution in [2.75, 3.05) is 42.6 Å². The number of nitrogens with zero attached hydrogens (tertiary/aromatic N) is 2. The molecule has 2 saturated heterocycles. The second-order valence-electron chi connectivity index (χ2n) is 4.97. The fourth-order valence-electron chi connectivity index (χ4n) is 2.46. The van der Waals surface area contributed by atoms with Crippen molar-refractivity contribution in [2.24, 2.45) is 5.73 Å². The van der Waals surface area contributed by atoms with Gasteiger partial charge in [-0.05, 0) is 36.5 Å². The molecule has 0 saturated carbocycles. The van der Waals surface area contributed by atoms with Crippen molar-refractivity contribution in [3.63, 3.8) is 0 Å². The standard InChI is InChI=1S/C14H17N3O3S.C2H6/c15-7-12-8-17(14(21)20-12)11-3-1-10(2-4-11)16-5-6-19-9-13(16)18;1-2/h1-4,12H,5-9,15H2;1-2H3. The fourth-order valence-corrected chi connectivity index (χ4v) is 2.77. The van der Waals surface area contributed by atoms with Crippen molar-refractivity contribution in [2.45, 2.75) is 20.0 Å². The molecule has 0 bridgehead atoms. The molecule has 1 amide bonds. The van der Waals surface area contributed by atoms with E-state index >= 15 is 0 Å². The first-order valence-corrected chi connectivity index (χ1v) is 8.26.